The lowest BCUT2D eigenvalue weighted by Gasteiger charge is -2.02. The summed E-state index contributed by atoms with van der Waals surface area (Å²) in [5, 5.41) is 0.806. The average Bonchev–Trinajstić information content (AvgIpc) is 2.45. The van der Waals surface area contributed by atoms with Crippen LogP contribution in [-0.4, -0.2) is 6.61 Å². The highest BCUT2D eigenvalue weighted by atomic mass is 79.9. The third-order valence-electron chi connectivity index (χ3n) is 1.75. The third-order valence-corrected chi connectivity index (χ3v) is 2.73. The van der Waals surface area contributed by atoms with Crippen LogP contribution < -0.4 is 4.74 Å². The van der Waals surface area contributed by atoms with E-state index in [4.69, 9.17) is 16.3 Å². The minimum absolute atomic E-state index is 0.748. The zero-order valence-electron chi connectivity index (χ0n) is 5.73. The second kappa shape index (κ2) is 2.68. The number of hydrogen-bond acceptors (Lipinski definition) is 1. The standard InChI is InChI=1S/C8H6BrClO/c9-6-1-2-7(10)5-3-4-11-8(5)6/h1-2H,3-4H2. The van der Waals surface area contributed by atoms with Crippen LogP contribution in [-0.2, 0) is 6.42 Å². The van der Waals surface area contributed by atoms with Gasteiger partial charge in [-0.25, -0.2) is 0 Å². The van der Waals surface area contributed by atoms with Crippen LogP contribution in [0, 0.1) is 0 Å². The van der Waals surface area contributed by atoms with E-state index in [1.807, 2.05) is 12.1 Å². The first-order valence-corrected chi connectivity index (χ1v) is 4.56. The van der Waals surface area contributed by atoms with E-state index in [9.17, 15) is 0 Å². The molecule has 0 unspecified atom stereocenters. The van der Waals surface area contributed by atoms with Crippen molar-refractivity contribution in [3.8, 4) is 5.75 Å². The zero-order valence-corrected chi connectivity index (χ0v) is 8.08. The van der Waals surface area contributed by atoms with Gasteiger partial charge in [-0.05, 0) is 28.1 Å². The second-order valence-electron chi connectivity index (χ2n) is 2.44. The molecule has 58 valence electrons. The van der Waals surface area contributed by atoms with Gasteiger partial charge in [0.25, 0.3) is 0 Å². The molecule has 1 aromatic carbocycles. The Bertz CT molecular complexity index is 269. The smallest absolute Gasteiger partial charge is 0.138 e. The fourth-order valence-corrected chi connectivity index (χ4v) is 1.95. The lowest BCUT2D eigenvalue weighted by atomic mass is 10.2. The molecule has 0 saturated heterocycles. The van der Waals surface area contributed by atoms with E-state index in [0.29, 0.717) is 0 Å². The van der Waals surface area contributed by atoms with E-state index in [-0.39, 0.29) is 0 Å². The molecule has 0 aromatic heterocycles. The Morgan fingerprint density at radius 1 is 1.45 bits per heavy atom. The fourth-order valence-electron chi connectivity index (χ4n) is 1.22. The maximum absolute atomic E-state index is 5.94. The van der Waals surface area contributed by atoms with Crippen molar-refractivity contribution in [2.75, 3.05) is 6.61 Å². The summed E-state index contributed by atoms with van der Waals surface area (Å²) in [6.45, 7) is 0.748. The van der Waals surface area contributed by atoms with Gasteiger partial charge in [-0.15, -0.1) is 0 Å². The molecular formula is C8H6BrClO. The van der Waals surface area contributed by atoms with E-state index in [1.54, 1.807) is 0 Å². The van der Waals surface area contributed by atoms with Gasteiger partial charge in [0.1, 0.15) is 5.75 Å². The van der Waals surface area contributed by atoms with Crippen molar-refractivity contribution in [1.29, 1.82) is 0 Å². The van der Waals surface area contributed by atoms with Crippen LogP contribution in [0.15, 0.2) is 16.6 Å². The molecule has 0 spiro atoms. The number of hydrogen-bond donors (Lipinski definition) is 0. The van der Waals surface area contributed by atoms with Crippen molar-refractivity contribution in [2.24, 2.45) is 0 Å². The highest BCUT2D eigenvalue weighted by molar-refractivity contribution is 9.10. The molecule has 11 heavy (non-hydrogen) atoms. The Hall–Kier alpha value is -0.210. The molecule has 0 radical (unpaired) electrons. The third kappa shape index (κ3) is 1.14. The Labute approximate surface area is 78.4 Å². The van der Waals surface area contributed by atoms with E-state index in [2.05, 4.69) is 15.9 Å². The molecule has 1 heterocycles. The second-order valence-corrected chi connectivity index (χ2v) is 3.70. The number of rotatable bonds is 0. The van der Waals surface area contributed by atoms with Crippen LogP contribution in [0.4, 0.5) is 0 Å². The van der Waals surface area contributed by atoms with Crippen molar-refractivity contribution >= 4 is 27.5 Å². The minimum Gasteiger partial charge on any atom is -0.492 e. The number of halogens is 2. The quantitative estimate of drug-likeness (QED) is 0.669. The lowest BCUT2D eigenvalue weighted by molar-refractivity contribution is 0.355. The van der Waals surface area contributed by atoms with Gasteiger partial charge in [0.15, 0.2) is 0 Å². The summed E-state index contributed by atoms with van der Waals surface area (Å²) < 4.78 is 6.37. The summed E-state index contributed by atoms with van der Waals surface area (Å²) in [6.07, 6.45) is 0.924. The van der Waals surface area contributed by atoms with Gasteiger partial charge in [-0.1, -0.05) is 11.6 Å². The summed E-state index contributed by atoms with van der Waals surface area (Å²) in [5.41, 5.74) is 1.13. The first-order valence-electron chi connectivity index (χ1n) is 3.39. The topological polar surface area (TPSA) is 9.23 Å². The van der Waals surface area contributed by atoms with Crippen molar-refractivity contribution < 1.29 is 4.74 Å². The van der Waals surface area contributed by atoms with Crippen molar-refractivity contribution in [1.82, 2.24) is 0 Å². The van der Waals surface area contributed by atoms with E-state index >= 15 is 0 Å². The predicted molar refractivity (Wildman–Crippen MR) is 48.4 cm³/mol. The molecular weight excluding hydrogens is 227 g/mol. The number of ether oxygens (including phenoxy) is 1. The van der Waals surface area contributed by atoms with Crippen LogP contribution in [0.2, 0.25) is 5.02 Å². The molecule has 2 rings (SSSR count). The van der Waals surface area contributed by atoms with Gasteiger partial charge < -0.3 is 4.74 Å². The Kier molecular flexibility index (Phi) is 1.81. The summed E-state index contributed by atoms with van der Waals surface area (Å²) >= 11 is 9.34. The Morgan fingerprint density at radius 2 is 2.27 bits per heavy atom. The largest absolute Gasteiger partial charge is 0.492 e. The Morgan fingerprint density at radius 3 is 3.00 bits per heavy atom. The first kappa shape index (κ1) is 7.44. The van der Waals surface area contributed by atoms with Crippen LogP contribution in [0.3, 0.4) is 0 Å². The molecule has 3 heteroatoms. The van der Waals surface area contributed by atoms with E-state index in [0.717, 1.165) is 33.8 Å². The Balaban J connectivity index is 2.64. The summed E-state index contributed by atoms with van der Waals surface area (Å²) in [4.78, 5) is 0. The van der Waals surface area contributed by atoms with Gasteiger partial charge in [0.05, 0.1) is 11.1 Å². The molecule has 0 bridgehead atoms. The zero-order chi connectivity index (χ0) is 7.84. The molecule has 1 aliphatic heterocycles. The van der Waals surface area contributed by atoms with Crippen LogP contribution in [0.1, 0.15) is 5.56 Å². The molecule has 0 aliphatic carbocycles. The molecule has 0 amide bonds. The molecule has 1 nitrogen and oxygen atoms in total. The van der Waals surface area contributed by atoms with Crippen LogP contribution in [0.5, 0.6) is 5.75 Å². The van der Waals surface area contributed by atoms with Gasteiger partial charge in [-0.3, -0.25) is 0 Å². The van der Waals surface area contributed by atoms with Crippen molar-refractivity contribution in [3.05, 3.63) is 27.2 Å². The highest BCUT2D eigenvalue weighted by Gasteiger charge is 2.17. The maximum atomic E-state index is 5.94. The van der Waals surface area contributed by atoms with Crippen LogP contribution in [0.25, 0.3) is 0 Å². The molecule has 0 fully saturated rings. The molecule has 0 saturated carbocycles. The minimum atomic E-state index is 0.748. The maximum Gasteiger partial charge on any atom is 0.138 e. The van der Waals surface area contributed by atoms with Gasteiger partial charge >= 0.3 is 0 Å². The first-order chi connectivity index (χ1) is 5.29. The van der Waals surface area contributed by atoms with Crippen LogP contribution >= 0.6 is 27.5 Å². The monoisotopic (exact) mass is 232 g/mol. The summed E-state index contributed by atoms with van der Waals surface area (Å²) in [6, 6.07) is 3.80. The number of fused-ring (bicyclic) bond motifs is 1. The van der Waals surface area contributed by atoms with Crippen molar-refractivity contribution in [3.63, 3.8) is 0 Å². The van der Waals surface area contributed by atoms with E-state index < -0.39 is 0 Å². The lowest BCUT2D eigenvalue weighted by Crippen LogP contribution is -1.86. The van der Waals surface area contributed by atoms with E-state index in [1.165, 1.54) is 0 Å². The SMILES string of the molecule is Clc1ccc(Br)c2c1CCO2. The molecule has 1 aliphatic rings. The average molecular weight is 233 g/mol. The van der Waals surface area contributed by atoms with Gasteiger partial charge in [0.2, 0.25) is 0 Å². The normalized spacial score (nSPS) is 14.4. The molecule has 0 atom stereocenters. The molecule has 1 aromatic rings. The summed E-state index contributed by atoms with van der Waals surface area (Å²) in [7, 11) is 0. The highest BCUT2D eigenvalue weighted by Crippen LogP contribution is 2.37. The number of benzene rings is 1. The molecule has 0 N–H and O–H groups in total. The van der Waals surface area contributed by atoms with Gasteiger partial charge in [0, 0.05) is 17.0 Å². The van der Waals surface area contributed by atoms with Crippen molar-refractivity contribution in [2.45, 2.75) is 6.42 Å². The summed E-state index contributed by atoms with van der Waals surface area (Å²) in [5.74, 6) is 0.914. The fraction of sp³-hybridized carbons (Fsp3) is 0.250. The van der Waals surface area contributed by atoms with Gasteiger partial charge in [-0.2, -0.15) is 0 Å². The predicted octanol–water partition coefficient (Wildman–Crippen LogP) is 3.04.